The molecule has 12 heteroatoms. The quantitative estimate of drug-likeness (QED) is 0.434. The van der Waals surface area contributed by atoms with Crippen LogP contribution < -0.4 is 10.2 Å². The minimum absolute atomic E-state index is 0.0205. The summed E-state index contributed by atoms with van der Waals surface area (Å²) in [5.41, 5.74) is 0.808. The summed E-state index contributed by atoms with van der Waals surface area (Å²) in [5, 5.41) is 4.89. The topological polar surface area (TPSA) is 53.4 Å². The number of carbonyl (C=O) groups is 1. The van der Waals surface area contributed by atoms with Gasteiger partial charge in [-0.25, -0.2) is 9.37 Å². The number of halogens is 5. The number of piperazine rings is 1. The molecule has 2 unspecified atom stereocenters. The van der Waals surface area contributed by atoms with Crippen molar-refractivity contribution in [1.29, 1.82) is 0 Å². The van der Waals surface area contributed by atoms with Gasteiger partial charge in [0.2, 0.25) is 5.95 Å². The van der Waals surface area contributed by atoms with Gasteiger partial charge in [-0.05, 0) is 51.6 Å². The number of anilines is 2. The number of hydrogen-bond acceptors (Lipinski definition) is 5. The zero-order chi connectivity index (χ0) is 24.0. The molecular formula is C22H20BrF4N5OS. The minimum atomic E-state index is -4.50. The first kappa shape index (κ1) is 23.2. The predicted molar refractivity (Wildman–Crippen MR) is 125 cm³/mol. The Hall–Kier alpha value is -2.60. The molecule has 1 aromatic carbocycles. The highest BCUT2D eigenvalue weighted by molar-refractivity contribution is 9.10. The number of nitrogens with zero attached hydrogens (tertiary/aromatic N) is 4. The molecular weight excluding hydrogens is 538 g/mol. The lowest BCUT2D eigenvalue weighted by Gasteiger charge is -2.36. The number of imidazole rings is 1. The van der Waals surface area contributed by atoms with E-state index in [4.69, 9.17) is 0 Å². The van der Waals surface area contributed by atoms with Crippen molar-refractivity contribution in [2.45, 2.75) is 24.7 Å². The Bertz CT molecular complexity index is 1170. The first-order valence-electron chi connectivity index (χ1n) is 10.7. The molecule has 0 spiro atoms. The van der Waals surface area contributed by atoms with E-state index in [0.29, 0.717) is 26.2 Å². The van der Waals surface area contributed by atoms with Crippen LogP contribution in [0.3, 0.4) is 0 Å². The van der Waals surface area contributed by atoms with Gasteiger partial charge in [0, 0.05) is 43.2 Å². The summed E-state index contributed by atoms with van der Waals surface area (Å²) in [5.74, 6) is -0.728. The number of carbonyl (C=O) groups excluding carboxylic acids is 1. The third kappa shape index (κ3) is 4.28. The second kappa shape index (κ2) is 8.88. The molecule has 2 aliphatic rings. The summed E-state index contributed by atoms with van der Waals surface area (Å²) in [6.07, 6.45) is -4.70. The molecule has 180 valence electrons. The molecule has 5 rings (SSSR count). The molecule has 6 nitrogen and oxygen atoms in total. The first-order valence-corrected chi connectivity index (χ1v) is 12.3. The van der Waals surface area contributed by atoms with Crippen LogP contribution in [-0.4, -0.2) is 52.7 Å². The van der Waals surface area contributed by atoms with Gasteiger partial charge in [-0.3, -0.25) is 9.36 Å². The maximum Gasteiger partial charge on any atom is 0.409 e. The predicted octanol–water partition coefficient (Wildman–Crippen LogP) is 5.47. The van der Waals surface area contributed by atoms with E-state index in [-0.39, 0.29) is 28.5 Å². The summed E-state index contributed by atoms with van der Waals surface area (Å²) < 4.78 is 56.2. The summed E-state index contributed by atoms with van der Waals surface area (Å²) in [6, 6.07) is 7.35. The Morgan fingerprint density at radius 2 is 1.82 bits per heavy atom. The fourth-order valence-corrected chi connectivity index (χ4v) is 5.87. The van der Waals surface area contributed by atoms with Crippen molar-refractivity contribution in [3.05, 3.63) is 62.8 Å². The molecule has 0 aliphatic carbocycles. The molecule has 3 aromatic rings. The number of thiophene rings is 1. The van der Waals surface area contributed by atoms with E-state index in [9.17, 15) is 22.4 Å². The van der Waals surface area contributed by atoms with Crippen molar-refractivity contribution in [3.63, 3.8) is 0 Å². The number of alkyl halides is 3. The maximum absolute atomic E-state index is 14.0. The lowest BCUT2D eigenvalue weighted by atomic mass is 10.0. The Labute approximate surface area is 205 Å². The average molecular weight is 558 g/mol. The SMILES string of the molecule is O=C(c1nc2n(c1Br)C(C(F)(F)F)CC(c1cccs1)N2)N1CCN(c2ccc(F)cc2)CC1. The molecule has 4 heterocycles. The van der Waals surface area contributed by atoms with Gasteiger partial charge in [-0.2, -0.15) is 13.2 Å². The van der Waals surface area contributed by atoms with Crippen LogP contribution in [0.2, 0.25) is 0 Å². The van der Waals surface area contributed by atoms with Crippen LogP contribution in [-0.2, 0) is 0 Å². The summed E-state index contributed by atoms with van der Waals surface area (Å²) >= 11 is 4.61. The van der Waals surface area contributed by atoms with Crippen LogP contribution >= 0.6 is 27.3 Å². The lowest BCUT2D eigenvalue weighted by molar-refractivity contribution is -0.171. The number of amides is 1. The van der Waals surface area contributed by atoms with Crippen molar-refractivity contribution in [2.75, 3.05) is 36.4 Å². The van der Waals surface area contributed by atoms with Gasteiger partial charge in [-0.1, -0.05) is 6.07 Å². The van der Waals surface area contributed by atoms with Gasteiger partial charge in [0.15, 0.2) is 5.69 Å². The smallest absolute Gasteiger partial charge is 0.368 e. The fraction of sp³-hybridized carbons (Fsp3) is 0.364. The van der Waals surface area contributed by atoms with Crippen LogP contribution in [0.4, 0.5) is 29.2 Å². The molecule has 1 amide bonds. The number of hydrogen-bond donors (Lipinski definition) is 1. The summed E-state index contributed by atoms with van der Waals surface area (Å²) in [7, 11) is 0. The second-order valence-corrected chi connectivity index (χ2v) is 9.94. The van der Waals surface area contributed by atoms with Crippen LogP contribution in [0.25, 0.3) is 0 Å². The molecule has 1 N–H and O–H groups in total. The van der Waals surface area contributed by atoms with E-state index in [1.807, 2.05) is 10.3 Å². The zero-order valence-electron chi connectivity index (χ0n) is 17.7. The standard InChI is InChI=1S/C22H20BrF4N5OS/c23-19-18(20(33)31-9-7-30(8-10-31)14-5-3-13(24)4-6-14)29-21-28-15(16-2-1-11-34-16)12-17(32(19)21)22(25,26)27/h1-6,11,15,17H,7-10,12H2,(H,28,29). The molecule has 0 radical (unpaired) electrons. The number of nitrogens with one attached hydrogen (secondary N) is 1. The highest BCUT2D eigenvalue weighted by atomic mass is 79.9. The normalized spacial score (nSPS) is 20.7. The van der Waals surface area contributed by atoms with Crippen molar-refractivity contribution in [1.82, 2.24) is 14.5 Å². The third-order valence-electron chi connectivity index (χ3n) is 6.15. The Balaban J connectivity index is 1.37. The van der Waals surface area contributed by atoms with Crippen LogP contribution in [0.15, 0.2) is 46.4 Å². The van der Waals surface area contributed by atoms with Gasteiger partial charge < -0.3 is 15.1 Å². The Morgan fingerprint density at radius 1 is 1.12 bits per heavy atom. The highest BCUT2D eigenvalue weighted by Crippen LogP contribution is 2.46. The van der Waals surface area contributed by atoms with E-state index >= 15 is 0 Å². The lowest BCUT2D eigenvalue weighted by Crippen LogP contribution is -2.49. The van der Waals surface area contributed by atoms with E-state index in [1.54, 1.807) is 29.2 Å². The Morgan fingerprint density at radius 3 is 2.44 bits per heavy atom. The molecule has 34 heavy (non-hydrogen) atoms. The van der Waals surface area contributed by atoms with Crippen molar-refractivity contribution >= 4 is 44.8 Å². The summed E-state index contributed by atoms with van der Waals surface area (Å²) in [6.45, 7) is 1.79. The summed E-state index contributed by atoms with van der Waals surface area (Å²) in [4.78, 5) is 21.9. The van der Waals surface area contributed by atoms with Crippen molar-refractivity contribution < 1.29 is 22.4 Å². The van der Waals surface area contributed by atoms with E-state index < -0.39 is 24.2 Å². The monoisotopic (exact) mass is 557 g/mol. The average Bonchev–Trinajstić information content (AvgIpc) is 3.47. The number of rotatable bonds is 3. The second-order valence-electron chi connectivity index (χ2n) is 8.21. The van der Waals surface area contributed by atoms with E-state index in [1.165, 1.54) is 23.5 Å². The van der Waals surface area contributed by atoms with Gasteiger partial charge in [-0.15, -0.1) is 11.3 Å². The fourth-order valence-electron chi connectivity index (χ4n) is 4.40. The zero-order valence-corrected chi connectivity index (χ0v) is 20.1. The number of fused-ring (bicyclic) bond motifs is 1. The van der Waals surface area contributed by atoms with Gasteiger partial charge in [0.05, 0.1) is 6.04 Å². The highest BCUT2D eigenvalue weighted by Gasteiger charge is 2.48. The molecule has 2 aromatic heterocycles. The third-order valence-corrected chi connectivity index (χ3v) is 7.90. The van der Waals surface area contributed by atoms with Gasteiger partial charge in [0.25, 0.3) is 5.91 Å². The Kier molecular flexibility index (Phi) is 6.05. The van der Waals surface area contributed by atoms with Crippen LogP contribution in [0.1, 0.15) is 33.9 Å². The van der Waals surface area contributed by atoms with Gasteiger partial charge in [0.1, 0.15) is 16.5 Å². The van der Waals surface area contributed by atoms with Crippen molar-refractivity contribution in [3.8, 4) is 0 Å². The van der Waals surface area contributed by atoms with Crippen LogP contribution in [0, 0.1) is 5.82 Å². The molecule has 0 saturated carbocycles. The number of aromatic nitrogens is 2. The molecule has 1 saturated heterocycles. The molecule has 2 aliphatic heterocycles. The van der Waals surface area contributed by atoms with Crippen molar-refractivity contribution in [2.24, 2.45) is 0 Å². The number of benzene rings is 1. The van der Waals surface area contributed by atoms with Gasteiger partial charge >= 0.3 is 6.18 Å². The maximum atomic E-state index is 14.0. The molecule has 0 bridgehead atoms. The van der Waals surface area contributed by atoms with E-state index in [0.717, 1.165) is 15.1 Å². The molecule has 1 fully saturated rings. The van der Waals surface area contributed by atoms with Crippen LogP contribution in [0.5, 0.6) is 0 Å². The van der Waals surface area contributed by atoms with E-state index in [2.05, 4.69) is 26.2 Å². The molecule has 2 atom stereocenters. The first-order chi connectivity index (χ1) is 16.2. The largest absolute Gasteiger partial charge is 0.409 e. The minimum Gasteiger partial charge on any atom is -0.368 e.